The lowest BCUT2D eigenvalue weighted by atomic mass is 10.1. The number of carbonyl (C=O) groups excluding carboxylic acids is 3. The molecular formula is C29H24N4O7S2. The number of amides is 2. The molecule has 5 rings (SSSR count). The fourth-order valence-electron chi connectivity index (χ4n) is 4.45. The number of benzene rings is 4. The topological polar surface area (TPSA) is 168 Å². The van der Waals surface area contributed by atoms with Crippen LogP contribution in [-0.4, -0.2) is 34.4 Å². The van der Waals surface area contributed by atoms with Crippen molar-refractivity contribution in [1.29, 1.82) is 0 Å². The normalized spacial score (nSPS) is 12.2. The first-order valence-electron chi connectivity index (χ1n) is 12.5. The number of anilines is 4. The molecule has 4 aromatic rings. The van der Waals surface area contributed by atoms with Crippen molar-refractivity contribution in [3.63, 3.8) is 0 Å². The highest BCUT2D eigenvalue weighted by molar-refractivity contribution is 7.93. The molecule has 0 aromatic heterocycles. The summed E-state index contributed by atoms with van der Waals surface area (Å²) in [4.78, 5) is 35.4. The monoisotopic (exact) mass is 604 g/mol. The van der Waals surface area contributed by atoms with Gasteiger partial charge in [-0.1, -0.05) is 12.1 Å². The minimum Gasteiger partial charge on any atom is -0.326 e. The first-order valence-corrected chi connectivity index (χ1v) is 15.4. The molecule has 13 heteroatoms. The molecule has 2 amide bonds. The largest absolute Gasteiger partial charge is 0.326 e. The standard InChI is InChI=1S/C29H24N4O7S2/c1-17(34)30-19-3-7-21(8-4-19)32-41(37,38)23-11-13-25-26-14-12-24(16-28(26)29(36)27(25)15-23)42(39,40)33-22-9-5-20(6-10-22)31-18(2)35/h3-16,32-33H,1-2H3,(H,30,34)(H,31,35). The molecule has 0 bridgehead atoms. The molecule has 0 fully saturated rings. The number of hydrogen-bond donors (Lipinski definition) is 4. The number of rotatable bonds is 8. The van der Waals surface area contributed by atoms with Gasteiger partial charge in [-0.25, -0.2) is 16.8 Å². The molecule has 42 heavy (non-hydrogen) atoms. The molecule has 4 N–H and O–H groups in total. The summed E-state index contributed by atoms with van der Waals surface area (Å²) in [6.45, 7) is 2.72. The van der Waals surface area contributed by atoms with Crippen LogP contribution in [0.5, 0.6) is 0 Å². The highest BCUT2D eigenvalue weighted by atomic mass is 32.2. The molecule has 0 heterocycles. The van der Waals surface area contributed by atoms with Crippen LogP contribution in [0.15, 0.2) is 94.7 Å². The SMILES string of the molecule is CC(=O)Nc1ccc(NS(=O)(=O)c2ccc3c(c2)C(=O)c2cc(S(=O)(=O)Nc4ccc(NC(C)=O)cc4)ccc2-3)cc1. The van der Waals surface area contributed by atoms with Crippen LogP contribution < -0.4 is 20.1 Å². The summed E-state index contributed by atoms with van der Waals surface area (Å²) < 4.78 is 57.2. The summed E-state index contributed by atoms with van der Waals surface area (Å²) >= 11 is 0. The van der Waals surface area contributed by atoms with Crippen LogP contribution in [-0.2, 0) is 29.6 Å². The van der Waals surface area contributed by atoms with Gasteiger partial charge in [0.15, 0.2) is 5.78 Å². The van der Waals surface area contributed by atoms with Gasteiger partial charge in [-0.05, 0) is 83.9 Å². The quantitative estimate of drug-likeness (QED) is 0.203. The van der Waals surface area contributed by atoms with Crippen LogP contribution in [0.25, 0.3) is 11.1 Å². The Labute approximate surface area is 242 Å². The molecule has 0 radical (unpaired) electrons. The molecule has 0 saturated carbocycles. The molecule has 11 nitrogen and oxygen atoms in total. The maximum atomic E-state index is 13.3. The third kappa shape index (κ3) is 5.87. The van der Waals surface area contributed by atoms with Gasteiger partial charge in [0.25, 0.3) is 20.0 Å². The Kier molecular flexibility index (Phi) is 7.31. The molecular weight excluding hydrogens is 580 g/mol. The third-order valence-electron chi connectivity index (χ3n) is 6.30. The molecule has 1 aliphatic rings. The van der Waals surface area contributed by atoms with E-state index in [-0.39, 0.29) is 44.1 Å². The van der Waals surface area contributed by atoms with E-state index < -0.39 is 25.8 Å². The Hall–Kier alpha value is -5.01. The Morgan fingerprint density at radius 2 is 0.833 bits per heavy atom. The van der Waals surface area contributed by atoms with Crippen molar-refractivity contribution in [3.05, 3.63) is 96.1 Å². The van der Waals surface area contributed by atoms with Gasteiger partial charge < -0.3 is 10.6 Å². The molecule has 0 unspecified atom stereocenters. The van der Waals surface area contributed by atoms with Gasteiger partial charge in [-0.3, -0.25) is 23.8 Å². The Balaban J connectivity index is 1.36. The van der Waals surface area contributed by atoms with E-state index in [1.54, 1.807) is 24.3 Å². The number of carbonyl (C=O) groups is 3. The lowest BCUT2D eigenvalue weighted by molar-refractivity contribution is -0.115. The Bertz CT molecular complexity index is 1830. The van der Waals surface area contributed by atoms with Crippen molar-refractivity contribution < 1.29 is 31.2 Å². The van der Waals surface area contributed by atoms with E-state index in [4.69, 9.17) is 0 Å². The summed E-state index contributed by atoms with van der Waals surface area (Å²) in [5, 5.41) is 5.19. The van der Waals surface area contributed by atoms with Crippen molar-refractivity contribution in [2.24, 2.45) is 0 Å². The van der Waals surface area contributed by atoms with Crippen molar-refractivity contribution in [2.45, 2.75) is 23.6 Å². The van der Waals surface area contributed by atoms with Crippen LogP contribution >= 0.6 is 0 Å². The summed E-state index contributed by atoms with van der Waals surface area (Å²) in [6.07, 6.45) is 0. The van der Waals surface area contributed by atoms with Crippen LogP contribution in [0.4, 0.5) is 22.7 Å². The first kappa shape index (κ1) is 28.5. The summed E-state index contributed by atoms with van der Waals surface area (Å²) in [5.41, 5.74) is 2.75. The van der Waals surface area contributed by atoms with Crippen molar-refractivity contribution >= 4 is 60.4 Å². The van der Waals surface area contributed by atoms with Gasteiger partial charge in [0.05, 0.1) is 9.79 Å². The first-order chi connectivity index (χ1) is 19.8. The predicted molar refractivity (Wildman–Crippen MR) is 158 cm³/mol. The number of sulfonamides is 2. The number of ketones is 1. The van der Waals surface area contributed by atoms with E-state index in [1.165, 1.54) is 74.5 Å². The second-order valence-corrected chi connectivity index (χ2v) is 12.8. The van der Waals surface area contributed by atoms with E-state index in [0.29, 0.717) is 22.5 Å². The number of hydrogen-bond acceptors (Lipinski definition) is 7. The van der Waals surface area contributed by atoms with E-state index in [2.05, 4.69) is 20.1 Å². The fraction of sp³-hybridized carbons (Fsp3) is 0.0690. The molecule has 0 spiro atoms. The van der Waals surface area contributed by atoms with Crippen molar-refractivity contribution in [1.82, 2.24) is 0 Å². The highest BCUT2D eigenvalue weighted by Gasteiger charge is 2.30. The molecule has 0 aliphatic heterocycles. The average molecular weight is 605 g/mol. The minimum atomic E-state index is -4.08. The van der Waals surface area contributed by atoms with Gasteiger partial charge in [-0.15, -0.1) is 0 Å². The number of nitrogens with one attached hydrogen (secondary N) is 4. The minimum absolute atomic E-state index is 0.130. The molecule has 0 atom stereocenters. The molecule has 214 valence electrons. The van der Waals surface area contributed by atoms with E-state index in [9.17, 15) is 31.2 Å². The van der Waals surface area contributed by atoms with Crippen molar-refractivity contribution in [3.8, 4) is 11.1 Å². The van der Waals surface area contributed by atoms with Gasteiger partial charge >= 0.3 is 0 Å². The smallest absolute Gasteiger partial charge is 0.261 e. The molecule has 4 aromatic carbocycles. The zero-order chi connectivity index (χ0) is 30.2. The maximum Gasteiger partial charge on any atom is 0.261 e. The Morgan fingerprint density at radius 1 is 0.500 bits per heavy atom. The van der Waals surface area contributed by atoms with Crippen LogP contribution in [0.2, 0.25) is 0 Å². The van der Waals surface area contributed by atoms with Crippen LogP contribution in [0.3, 0.4) is 0 Å². The number of fused-ring (bicyclic) bond motifs is 3. The Morgan fingerprint density at radius 3 is 1.17 bits per heavy atom. The van der Waals surface area contributed by atoms with Crippen molar-refractivity contribution in [2.75, 3.05) is 20.1 Å². The summed E-state index contributed by atoms with van der Waals surface area (Å²) in [6, 6.07) is 20.4. The zero-order valence-electron chi connectivity index (χ0n) is 22.3. The van der Waals surface area contributed by atoms with Crippen LogP contribution in [0, 0.1) is 0 Å². The predicted octanol–water partition coefficient (Wildman–Crippen LogP) is 4.42. The maximum absolute atomic E-state index is 13.3. The van der Waals surface area contributed by atoms with Gasteiger partial charge in [0.2, 0.25) is 11.8 Å². The lowest BCUT2D eigenvalue weighted by Crippen LogP contribution is -2.14. The van der Waals surface area contributed by atoms with Gasteiger partial charge in [-0.2, -0.15) is 0 Å². The third-order valence-corrected chi connectivity index (χ3v) is 9.05. The highest BCUT2D eigenvalue weighted by Crippen LogP contribution is 2.39. The fourth-order valence-corrected chi connectivity index (χ4v) is 6.62. The zero-order valence-corrected chi connectivity index (χ0v) is 23.9. The molecule has 0 saturated heterocycles. The van der Waals surface area contributed by atoms with E-state index in [1.807, 2.05) is 0 Å². The molecule has 1 aliphatic carbocycles. The van der Waals surface area contributed by atoms with Gasteiger partial charge in [0, 0.05) is 47.7 Å². The summed E-state index contributed by atoms with van der Waals surface area (Å²) in [7, 11) is -8.15. The average Bonchev–Trinajstić information content (AvgIpc) is 3.21. The second-order valence-electron chi connectivity index (χ2n) is 9.47. The second kappa shape index (κ2) is 10.8. The van der Waals surface area contributed by atoms with E-state index >= 15 is 0 Å². The van der Waals surface area contributed by atoms with Gasteiger partial charge in [0.1, 0.15) is 0 Å². The summed E-state index contributed by atoms with van der Waals surface area (Å²) in [5.74, 6) is -1.03. The van der Waals surface area contributed by atoms with Crippen LogP contribution in [0.1, 0.15) is 29.8 Å². The lowest BCUT2D eigenvalue weighted by Gasteiger charge is -2.10. The van der Waals surface area contributed by atoms with E-state index in [0.717, 1.165) is 0 Å².